The Hall–Kier alpha value is -0.560. The Balaban J connectivity index is 4.18. The molecular formula is C6H11FO5. The third-order valence-corrected chi connectivity index (χ3v) is 1.40. The second kappa shape index (κ2) is 4.46. The van der Waals surface area contributed by atoms with E-state index in [-0.39, 0.29) is 0 Å². The average molecular weight is 182 g/mol. The normalized spacial score (nSPS) is 21.2. The van der Waals surface area contributed by atoms with E-state index in [2.05, 4.69) is 0 Å². The fourth-order valence-corrected chi connectivity index (χ4v) is 0.606. The number of carbonyl (C=O) groups is 1. The summed E-state index contributed by atoms with van der Waals surface area (Å²) < 4.78 is 11.7. The molecule has 0 aliphatic heterocycles. The van der Waals surface area contributed by atoms with Crippen LogP contribution >= 0.6 is 0 Å². The van der Waals surface area contributed by atoms with Crippen LogP contribution in [0.15, 0.2) is 0 Å². The van der Waals surface area contributed by atoms with Gasteiger partial charge in [0.1, 0.15) is 12.2 Å². The van der Waals surface area contributed by atoms with Gasteiger partial charge in [-0.15, -0.1) is 0 Å². The molecular weight excluding hydrogens is 171 g/mol. The van der Waals surface area contributed by atoms with E-state index in [1.54, 1.807) is 0 Å². The van der Waals surface area contributed by atoms with E-state index in [1.165, 1.54) is 0 Å². The predicted molar refractivity (Wildman–Crippen MR) is 35.8 cm³/mol. The van der Waals surface area contributed by atoms with Crippen molar-refractivity contribution in [3.05, 3.63) is 0 Å². The minimum atomic E-state index is -2.31. The quantitative estimate of drug-likeness (QED) is 0.375. The molecule has 0 aliphatic rings. The molecule has 0 saturated heterocycles. The van der Waals surface area contributed by atoms with Crippen LogP contribution in [0, 0.1) is 0 Å². The number of rotatable bonds is 4. The van der Waals surface area contributed by atoms with Crippen LogP contribution in [0.1, 0.15) is 6.92 Å². The van der Waals surface area contributed by atoms with Gasteiger partial charge in [0.2, 0.25) is 0 Å². The molecule has 0 aromatic carbocycles. The Bertz CT molecular complexity index is 160. The molecule has 0 bridgehead atoms. The molecule has 4 N–H and O–H groups in total. The van der Waals surface area contributed by atoms with E-state index in [0.29, 0.717) is 0 Å². The van der Waals surface area contributed by atoms with Gasteiger partial charge in [-0.05, 0) is 6.92 Å². The van der Waals surface area contributed by atoms with Crippen LogP contribution < -0.4 is 0 Å². The van der Waals surface area contributed by atoms with E-state index in [4.69, 9.17) is 20.4 Å². The SMILES string of the molecule is C[C@@H](O)[C@@H](O)[C@H](O)[C@@H](O)C(=O)F. The molecule has 0 radical (unpaired) electrons. The molecule has 0 saturated carbocycles. The molecule has 6 heteroatoms. The third kappa shape index (κ3) is 2.82. The number of halogens is 1. The highest BCUT2D eigenvalue weighted by Gasteiger charge is 2.32. The van der Waals surface area contributed by atoms with Crippen LogP contribution in [0.5, 0.6) is 0 Å². The maximum absolute atomic E-state index is 11.7. The van der Waals surface area contributed by atoms with E-state index in [9.17, 15) is 9.18 Å². The summed E-state index contributed by atoms with van der Waals surface area (Å²) in [5.41, 5.74) is 0. The molecule has 12 heavy (non-hydrogen) atoms. The summed E-state index contributed by atoms with van der Waals surface area (Å²) in [6.45, 7) is 1.13. The van der Waals surface area contributed by atoms with Gasteiger partial charge >= 0.3 is 6.04 Å². The Labute approximate surface area is 68.1 Å². The summed E-state index contributed by atoms with van der Waals surface area (Å²) >= 11 is 0. The van der Waals surface area contributed by atoms with Gasteiger partial charge in [-0.25, -0.2) is 0 Å². The van der Waals surface area contributed by atoms with Crippen molar-refractivity contribution in [1.82, 2.24) is 0 Å². The van der Waals surface area contributed by atoms with Crippen molar-refractivity contribution in [2.24, 2.45) is 0 Å². The fraction of sp³-hybridized carbons (Fsp3) is 0.833. The monoisotopic (exact) mass is 182 g/mol. The molecule has 0 aromatic rings. The highest BCUT2D eigenvalue weighted by molar-refractivity contribution is 5.73. The first-order valence-electron chi connectivity index (χ1n) is 3.29. The summed E-state index contributed by atoms with van der Waals surface area (Å²) in [5, 5.41) is 34.9. The van der Waals surface area contributed by atoms with Crippen molar-refractivity contribution in [1.29, 1.82) is 0 Å². The number of hydrogen-bond acceptors (Lipinski definition) is 5. The number of hydrogen-bond donors (Lipinski definition) is 4. The molecule has 4 atom stereocenters. The van der Waals surface area contributed by atoms with E-state index in [1.807, 2.05) is 0 Å². The fourth-order valence-electron chi connectivity index (χ4n) is 0.606. The number of aliphatic hydroxyl groups excluding tert-OH is 4. The maximum atomic E-state index is 11.7. The molecule has 0 aliphatic carbocycles. The van der Waals surface area contributed by atoms with Crippen LogP contribution in [0.3, 0.4) is 0 Å². The predicted octanol–water partition coefficient (Wildman–Crippen LogP) is -2.05. The number of carbonyl (C=O) groups excluding carboxylic acids is 1. The van der Waals surface area contributed by atoms with Crippen molar-refractivity contribution in [2.75, 3.05) is 0 Å². The summed E-state index contributed by atoms with van der Waals surface area (Å²) in [7, 11) is 0. The molecule has 5 nitrogen and oxygen atoms in total. The Kier molecular flexibility index (Phi) is 4.25. The van der Waals surface area contributed by atoms with Gasteiger partial charge in [0.15, 0.2) is 6.10 Å². The molecule has 0 fully saturated rings. The van der Waals surface area contributed by atoms with Gasteiger partial charge in [0.25, 0.3) is 0 Å². The third-order valence-electron chi connectivity index (χ3n) is 1.40. The lowest BCUT2D eigenvalue weighted by Crippen LogP contribution is -2.45. The van der Waals surface area contributed by atoms with E-state index in [0.717, 1.165) is 6.92 Å². The molecule has 0 heterocycles. The van der Waals surface area contributed by atoms with Gasteiger partial charge < -0.3 is 20.4 Å². The molecule has 72 valence electrons. The van der Waals surface area contributed by atoms with Crippen LogP contribution in [0.4, 0.5) is 4.39 Å². The second-order valence-corrected chi connectivity index (χ2v) is 2.47. The maximum Gasteiger partial charge on any atom is 0.332 e. The van der Waals surface area contributed by atoms with Gasteiger partial charge in [-0.3, -0.25) is 4.79 Å². The Morgan fingerprint density at radius 1 is 1.17 bits per heavy atom. The topological polar surface area (TPSA) is 98.0 Å². The van der Waals surface area contributed by atoms with Crippen molar-refractivity contribution in [3.63, 3.8) is 0 Å². The lowest BCUT2D eigenvalue weighted by molar-refractivity contribution is -0.154. The Morgan fingerprint density at radius 2 is 1.58 bits per heavy atom. The van der Waals surface area contributed by atoms with Crippen molar-refractivity contribution in [3.8, 4) is 0 Å². The van der Waals surface area contributed by atoms with Crippen molar-refractivity contribution < 1.29 is 29.6 Å². The van der Waals surface area contributed by atoms with E-state index < -0.39 is 30.5 Å². The highest BCUT2D eigenvalue weighted by atomic mass is 19.1. The summed E-state index contributed by atoms with van der Waals surface area (Å²) in [6, 6.07) is -2.15. The average Bonchev–Trinajstić information content (AvgIpc) is 2.00. The zero-order valence-electron chi connectivity index (χ0n) is 6.38. The lowest BCUT2D eigenvalue weighted by Gasteiger charge is -2.21. The summed E-state index contributed by atoms with van der Waals surface area (Å²) in [5.74, 6) is 0. The first-order valence-corrected chi connectivity index (χ1v) is 3.29. The molecule has 0 rings (SSSR count). The van der Waals surface area contributed by atoms with Crippen LogP contribution in [-0.4, -0.2) is 50.9 Å². The van der Waals surface area contributed by atoms with Gasteiger partial charge in [0.05, 0.1) is 6.10 Å². The largest absolute Gasteiger partial charge is 0.391 e. The van der Waals surface area contributed by atoms with E-state index >= 15 is 0 Å². The van der Waals surface area contributed by atoms with Gasteiger partial charge in [-0.1, -0.05) is 0 Å². The van der Waals surface area contributed by atoms with Crippen molar-refractivity contribution in [2.45, 2.75) is 31.3 Å². The minimum Gasteiger partial charge on any atom is -0.391 e. The van der Waals surface area contributed by atoms with Crippen LogP contribution in [0.2, 0.25) is 0 Å². The molecule has 0 amide bonds. The van der Waals surface area contributed by atoms with Crippen LogP contribution in [-0.2, 0) is 4.79 Å². The first-order chi connectivity index (χ1) is 5.37. The molecule has 0 aromatic heterocycles. The summed E-state index contributed by atoms with van der Waals surface area (Å²) in [6.07, 6.45) is -7.43. The van der Waals surface area contributed by atoms with Crippen molar-refractivity contribution >= 4 is 6.04 Å². The zero-order chi connectivity index (χ0) is 9.89. The molecule has 0 unspecified atom stereocenters. The minimum absolute atomic E-state index is 1.13. The van der Waals surface area contributed by atoms with Gasteiger partial charge in [-0.2, -0.15) is 4.39 Å². The highest BCUT2D eigenvalue weighted by Crippen LogP contribution is 2.05. The smallest absolute Gasteiger partial charge is 0.332 e. The van der Waals surface area contributed by atoms with Crippen LogP contribution in [0.25, 0.3) is 0 Å². The first kappa shape index (κ1) is 11.4. The number of aliphatic hydroxyl groups is 4. The Morgan fingerprint density at radius 3 is 1.83 bits per heavy atom. The molecule has 0 spiro atoms. The summed E-state index contributed by atoms with van der Waals surface area (Å²) in [4.78, 5) is 9.84. The second-order valence-electron chi connectivity index (χ2n) is 2.47. The zero-order valence-corrected chi connectivity index (χ0v) is 6.38. The standard InChI is InChI=1S/C6H11FO5/c1-2(8)3(9)4(10)5(11)6(7)12/h2-5,8-11H,1H3/t2-,3-,4+,5-/m1/s1. The van der Waals surface area contributed by atoms with Gasteiger partial charge in [0, 0.05) is 0 Å². The lowest BCUT2D eigenvalue weighted by atomic mass is 10.0.